The molecular formula is C18H9Cl4N3O4. The van der Waals surface area contributed by atoms with Gasteiger partial charge < -0.3 is 25.5 Å². The second kappa shape index (κ2) is 7.03. The molecule has 0 aliphatic rings. The number of hydrogen-bond donors (Lipinski definition) is 5. The van der Waals surface area contributed by atoms with Gasteiger partial charge >= 0.3 is 0 Å². The summed E-state index contributed by atoms with van der Waals surface area (Å²) in [5, 5.41) is 24.4. The molecule has 0 spiro atoms. The topological polar surface area (TPSA) is 118 Å². The maximum atomic E-state index is 12.5. The molecule has 2 aromatic heterocycles. The fraction of sp³-hybridized carbons (Fsp3) is 0. The molecule has 0 amide bonds. The summed E-state index contributed by atoms with van der Waals surface area (Å²) >= 11 is 24.3. The van der Waals surface area contributed by atoms with Gasteiger partial charge in [0.1, 0.15) is 11.4 Å². The number of rotatable bonds is 2. The molecule has 4 rings (SSSR count). The van der Waals surface area contributed by atoms with Gasteiger partial charge in [-0.15, -0.1) is 0 Å². The van der Waals surface area contributed by atoms with Crippen LogP contribution in [-0.2, 0) is 0 Å². The summed E-state index contributed by atoms with van der Waals surface area (Å²) in [4.78, 5) is 30.0. The molecule has 2 aromatic carbocycles. The fourth-order valence-corrected chi connectivity index (χ4v) is 3.89. The number of nitrogens with one attached hydrogen (secondary N) is 3. The molecule has 0 atom stereocenters. The summed E-state index contributed by atoms with van der Waals surface area (Å²) in [5.74, 6) is -1.10. The number of H-pyrrole nitrogens is 2. The first-order valence-electron chi connectivity index (χ1n) is 7.93. The first kappa shape index (κ1) is 19.7. The lowest BCUT2D eigenvalue weighted by Gasteiger charge is -2.14. The van der Waals surface area contributed by atoms with Gasteiger partial charge in [0.2, 0.25) is 0 Å². The van der Waals surface area contributed by atoms with Gasteiger partial charge in [0, 0.05) is 0 Å². The molecule has 5 N–H and O–H groups in total. The third kappa shape index (κ3) is 3.07. The molecule has 4 aromatic rings. The number of aromatic hydroxyl groups is 2. The molecule has 0 bridgehead atoms. The highest BCUT2D eigenvalue weighted by Gasteiger charge is 2.21. The van der Waals surface area contributed by atoms with E-state index in [1.165, 1.54) is 24.3 Å². The molecule has 148 valence electrons. The Bertz CT molecular complexity index is 1340. The highest BCUT2D eigenvalue weighted by Crippen LogP contribution is 2.41. The van der Waals surface area contributed by atoms with E-state index < -0.39 is 34.0 Å². The summed E-state index contributed by atoms with van der Waals surface area (Å²) in [5.41, 5.74) is -2.18. The Morgan fingerprint density at radius 1 is 0.655 bits per heavy atom. The van der Waals surface area contributed by atoms with E-state index in [-0.39, 0.29) is 41.9 Å². The van der Waals surface area contributed by atoms with E-state index in [2.05, 4.69) is 15.3 Å². The van der Waals surface area contributed by atoms with Crippen molar-refractivity contribution in [2.24, 2.45) is 0 Å². The van der Waals surface area contributed by atoms with Gasteiger partial charge in [-0.25, -0.2) is 0 Å². The Balaban J connectivity index is 2.00. The number of aromatic amines is 2. The third-order valence-corrected chi connectivity index (χ3v) is 5.60. The Hall–Kier alpha value is -2.58. The zero-order chi connectivity index (χ0) is 21.0. The first-order valence-corrected chi connectivity index (χ1v) is 9.44. The lowest BCUT2D eigenvalue weighted by Crippen LogP contribution is -2.18. The summed E-state index contributed by atoms with van der Waals surface area (Å²) in [6.45, 7) is 0. The van der Waals surface area contributed by atoms with Crippen molar-refractivity contribution in [2.45, 2.75) is 0 Å². The molecule has 29 heavy (non-hydrogen) atoms. The van der Waals surface area contributed by atoms with E-state index in [9.17, 15) is 19.8 Å². The van der Waals surface area contributed by atoms with E-state index in [1.807, 2.05) is 0 Å². The number of pyridine rings is 2. The predicted octanol–water partition coefficient (Wildman–Crippen LogP) is 5.14. The fourth-order valence-electron chi connectivity index (χ4n) is 2.99. The van der Waals surface area contributed by atoms with Crippen LogP contribution in [0.3, 0.4) is 0 Å². The van der Waals surface area contributed by atoms with Crippen molar-refractivity contribution in [1.29, 1.82) is 0 Å². The number of benzene rings is 2. The maximum Gasteiger partial charge on any atom is 0.276 e. The SMILES string of the molecule is O=c1[nH]c2c(Cl)ccc(Cl)c2c(O)c1Nc1c(O)c2c(Cl)ccc(Cl)c2[nH]c1=O. The predicted molar refractivity (Wildman–Crippen MR) is 116 cm³/mol. The van der Waals surface area contributed by atoms with Crippen molar-refractivity contribution in [2.75, 3.05) is 5.32 Å². The summed E-state index contributed by atoms with van der Waals surface area (Å²) in [6, 6.07) is 5.80. The maximum absolute atomic E-state index is 12.5. The van der Waals surface area contributed by atoms with Crippen LogP contribution in [0.25, 0.3) is 21.8 Å². The standard InChI is InChI=1S/C18H9Cl4N3O4/c19-5-1-3-7(21)11-9(5)15(26)13(17(28)24-11)23-14-16(27)10-6(20)2-4-8(22)12(10)25-18(14)29/h1-4,23H,(H2,24,26,28)(H2,25,27,29). The van der Waals surface area contributed by atoms with Crippen molar-refractivity contribution in [3.05, 3.63) is 65.1 Å². The van der Waals surface area contributed by atoms with E-state index in [0.29, 0.717) is 0 Å². The average molecular weight is 473 g/mol. The van der Waals surface area contributed by atoms with Gasteiger partial charge in [-0.3, -0.25) is 9.59 Å². The highest BCUT2D eigenvalue weighted by atomic mass is 35.5. The molecule has 0 unspecified atom stereocenters. The van der Waals surface area contributed by atoms with Crippen LogP contribution in [0.2, 0.25) is 20.1 Å². The molecule has 0 saturated heterocycles. The number of anilines is 2. The Kier molecular flexibility index (Phi) is 4.78. The minimum atomic E-state index is -0.796. The van der Waals surface area contributed by atoms with Crippen molar-refractivity contribution in [1.82, 2.24) is 9.97 Å². The van der Waals surface area contributed by atoms with E-state index in [4.69, 9.17) is 46.4 Å². The summed E-state index contributed by atoms with van der Waals surface area (Å²) in [6.07, 6.45) is 0. The molecule has 11 heteroatoms. The molecule has 0 fully saturated rings. The second-order valence-corrected chi connectivity index (χ2v) is 7.67. The molecule has 0 aliphatic heterocycles. The van der Waals surface area contributed by atoms with Crippen molar-refractivity contribution in [3.63, 3.8) is 0 Å². The van der Waals surface area contributed by atoms with Crippen molar-refractivity contribution < 1.29 is 10.2 Å². The molecular weight excluding hydrogens is 464 g/mol. The number of halogens is 4. The van der Waals surface area contributed by atoms with Gasteiger partial charge in [0.25, 0.3) is 11.1 Å². The smallest absolute Gasteiger partial charge is 0.276 e. The van der Waals surface area contributed by atoms with Crippen LogP contribution in [0.15, 0.2) is 33.9 Å². The Morgan fingerprint density at radius 3 is 1.38 bits per heavy atom. The number of aromatic nitrogens is 2. The highest BCUT2D eigenvalue weighted by molar-refractivity contribution is 6.41. The number of hydrogen-bond acceptors (Lipinski definition) is 5. The third-order valence-electron chi connectivity index (χ3n) is 4.34. The van der Waals surface area contributed by atoms with Crippen LogP contribution in [-0.4, -0.2) is 20.2 Å². The minimum absolute atomic E-state index is 0.0686. The van der Waals surface area contributed by atoms with Gasteiger partial charge in [-0.2, -0.15) is 0 Å². The average Bonchev–Trinajstić information content (AvgIpc) is 2.66. The van der Waals surface area contributed by atoms with E-state index >= 15 is 0 Å². The van der Waals surface area contributed by atoms with Crippen LogP contribution in [0.1, 0.15) is 0 Å². The van der Waals surface area contributed by atoms with Crippen LogP contribution in [0.5, 0.6) is 11.5 Å². The van der Waals surface area contributed by atoms with Crippen LogP contribution < -0.4 is 16.4 Å². The van der Waals surface area contributed by atoms with Gasteiger partial charge in [0.05, 0.1) is 41.9 Å². The van der Waals surface area contributed by atoms with Gasteiger partial charge in [-0.1, -0.05) is 46.4 Å². The molecule has 2 heterocycles. The van der Waals surface area contributed by atoms with Crippen LogP contribution in [0, 0.1) is 0 Å². The van der Waals surface area contributed by atoms with Gasteiger partial charge in [-0.05, 0) is 24.3 Å². The molecule has 0 radical (unpaired) electrons. The van der Waals surface area contributed by atoms with Crippen LogP contribution in [0.4, 0.5) is 11.4 Å². The van der Waals surface area contributed by atoms with Crippen molar-refractivity contribution in [3.8, 4) is 11.5 Å². The summed E-state index contributed by atoms with van der Waals surface area (Å²) in [7, 11) is 0. The lowest BCUT2D eigenvalue weighted by molar-refractivity contribution is 0.480. The molecule has 0 saturated carbocycles. The first-order chi connectivity index (χ1) is 13.7. The second-order valence-electron chi connectivity index (χ2n) is 6.04. The molecule has 0 aliphatic carbocycles. The zero-order valence-corrected chi connectivity index (χ0v) is 17.1. The van der Waals surface area contributed by atoms with Crippen LogP contribution >= 0.6 is 46.4 Å². The quantitative estimate of drug-likeness (QED) is 0.277. The normalized spacial score (nSPS) is 11.3. The van der Waals surface area contributed by atoms with Crippen molar-refractivity contribution >= 4 is 79.6 Å². The summed E-state index contributed by atoms with van der Waals surface area (Å²) < 4.78 is 0. The van der Waals surface area contributed by atoms with Gasteiger partial charge in [0.15, 0.2) is 11.5 Å². The van der Waals surface area contributed by atoms with E-state index in [1.54, 1.807) is 0 Å². The Labute approximate surface area is 181 Å². The lowest BCUT2D eigenvalue weighted by atomic mass is 10.1. The largest absolute Gasteiger partial charge is 0.505 e. The zero-order valence-electron chi connectivity index (χ0n) is 14.0. The minimum Gasteiger partial charge on any atom is -0.505 e. The van der Waals surface area contributed by atoms with E-state index in [0.717, 1.165) is 0 Å². The Morgan fingerprint density at radius 2 is 1.00 bits per heavy atom. The number of fused-ring (bicyclic) bond motifs is 2. The monoisotopic (exact) mass is 471 g/mol. The molecule has 7 nitrogen and oxygen atoms in total.